The zero-order valence-corrected chi connectivity index (χ0v) is 10.6. The van der Waals surface area contributed by atoms with E-state index in [0.717, 1.165) is 25.7 Å². The van der Waals surface area contributed by atoms with Gasteiger partial charge < -0.3 is 9.47 Å². The Labute approximate surface area is 94.5 Å². The van der Waals surface area contributed by atoms with Crippen molar-refractivity contribution in [1.82, 2.24) is 0 Å². The van der Waals surface area contributed by atoms with Crippen LogP contribution in [-0.2, 0) is 9.47 Å². The molecule has 1 fully saturated rings. The Morgan fingerprint density at radius 1 is 1.46 bits per heavy atom. The lowest BCUT2D eigenvalue weighted by Crippen LogP contribution is -2.22. The van der Waals surface area contributed by atoms with Gasteiger partial charge in [-0.25, -0.2) is 0 Å². The first kappa shape index (κ1) is 11.7. The summed E-state index contributed by atoms with van der Waals surface area (Å²) in [5.41, 5.74) is 0. The van der Waals surface area contributed by atoms with E-state index in [-0.39, 0.29) is 0 Å². The molecule has 0 N–H and O–H groups in total. The van der Waals surface area contributed by atoms with Crippen molar-refractivity contribution in [1.29, 1.82) is 0 Å². The third-order valence-electron chi connectivity index (χ3n) is 2.22. The van der Waals surface area contributed by atoms with Crippen LogP contribution in [-0.4, -0.2) is 29.8 Å². The van der Waals surface area contributed by atoms with Crippen molar-refractivity contribution in [3.8, 4) is 0 Å². The van der Waals surface area contributed by atoms with E-state index in [1.165, 1.54) is 12.8 Å². The van der Waals surface area contributed by atoms with Crippen molar-refractivity contribution < 1.29 is 9.47 Å². The number of halogens is 1. The zero-order chi connectivity index (χ0) is 9.68. The van der Waals surface area contributed by atoms with Crippen LogP contribution in [0.4, 0.5) is 0 Å². The van der Waals surface area contributed by atoms with Crippen LogP contribution in [0.25, 0.3) is 0 Å². The molecule has 1 saturated heterocycles. The quantitative estimate of drug-likeness (QED) is 0.441. The van der Waals surface area contributed by atoms with Crippen molar-refractivity contribution in [2.45, 2.75) is 36.7 Å². The smallest absolute Gasteiger partial charge is 0.0948 e. The summed E-state index contributed by atoms with van der Waals surface area (Å²) < 4.78 is 11.6. The molecule has 78 valence electrons. The molecule has 1 aliphatic heterocycles. The highest BCUT2D eigenvalue weighted by Gasteiger charge is 2.25. The van der Waals surface area contributed by atoms with E-state index in [1.54, 1.807) is 0 Å². The Hall–Kier alpha value is 0.650. The van der Waals surface area contributed by atoms with Gasteiger partial charge >= 0.3 is 0 Å². The molecule has 1 heterocycles. The molecule has 0 aliphatic carbocycles. The summed E-state index contributed by atoms with van der Waals surface area (Å²) in [5.74, 6) is 0.791. The highest BCUT2D eigenvalue weighted by Crippen LogP contribution is 2.18. The fourth-order valence-electron chi connectivity index (χ4n) is 1.39. The summed E-state index contributed by atoms with van der Waals surface area (Å²) in [7, 11) is 0. The summed E-state index contributed by atoms with van der Waals surface area (Å²) in [6.45, 7) is 7.04. The number of hydrogen-bond donors (Lipinski definition) is 0. The number of hydrogen-bond acceptors (Lipinski definition) is 2. The van der Waals surface area contributed by atoms with E-state index >= 15 is 0 Å². The average Bonchev–Trinajstić information content (AvgIpc) is 2.45. The molecule has 13 heavy (non-hydrogen) atoms. The van der Waals surface area contributed by atoms with Crippen molar-refractivity contribution in [2.24, 2.45) is 5.92 Å². The molecule has 1 rings (SSSR count). The largest absolute Gasteiger partial charge is 0.378 e. The molecule has 2 atom stereocenters. The van der Waals surface area contributed by atoms with Gasteiger partial charge in [-0.3, -0.25) is 0 Å². The average molecular weight is 298 g/mol. The van der Waals surface area contributed by atoms with Crippen LogP contribution in [0.3, 0.4) is 0 Å². The summed E-state index contributed by atoms with van der Waals surface area (Å²) in [5, 5.41) is 0. The second-order valence-corrected chi connectivity index (χ2v) is 5.60. The van der Waals surface area contributed by atoms with Gasteiger partial charge in [0.15, 0.2) is 0 Å². The van der Waals surface area contributed by atoms with Crippen LogP contribution in [0.1, 0.15) is 26.7 Å². The maximum atomic E-state index is 5.73. The van der Waals surface area contributed by atoms with Crippen molar-refractivity contribution in [2.75, 3.05) is 19.8 Å². The third kappa shape index (κ3) is 4.61. The first-order chi connectivity index (χ1) is 6.20. The Morgan fingerprint density at radius 3 is 2.77 bits per heavy atom. The molecule has 0 saturated carbocycles. The van der Waals surface area contributed by atoms with Crippen LogP contribution < -0.4 is 0 Å². The zero-order valence-electron chi connectivity index (χ0n) is 8.46. The first-order valence-electron chi connectivity index (χ1n) is 5.03. The Bertz CT molecular complexity index is 139. The minimum atomic E-state index is 0.341. The number of rotatable bonds is 5. The lowest BCUT2D eigenvalue weighted by Gasteiger charge is -2.13. The summed E-state index contributed by atoms with van der Waals surface area (Å²) in [6.07, 6.45) is 2.78. The van der Waals surface area contributed by atoms with Gasteiger partial charge in [0.1, 0.15) is 0 Å². The SMILES string of the molecule is CC(C)CCCOC1COCC1I. The molecule has 0 aromatic rings. The van der Waals surface area contributed by atoms with E-state index in [2.05, 4.69) is 36.4 Å². The summed E-state index contributed by atoms with van der Waals surface area (Å²) >= 11 is 2.41. The Balaban J connectivity index is 1.99. The summed E-state index contributed by atoms with van der Waals surface area (Å²) in [4.78, 5) is 0. The molecule has 0 bridgehead atoms. The molecular formula is C10H19IO2. The van der Waals surface area contributed by atoms with Gasteiger partial charge in [0.05, 0.1) is 23.2 Å². The van der Waals surface area contributed by atoms with E-state index in [9.17, 15) is 0 Å². The number of ether oxygens (including phenoxy) is 2. The standard InChI is InChI=1S/C10H19IO2/c1-8(2)4-3-5-13-10-7-12-6-9(10)11/h8-10H,3-7H2,1-2H3. The van der Waals surface area contributed by atoms with Crippen LogP contribution in [0.5, 0.6) is 0 Å². The topological polar surface area (TPSA) is 18.5 Å². The molecular weight excluding hydrogens is 279 g/mol. The molecule has 2 nitrogen and oxygen atoms in total. The normalized spacial score (nSPS) is 28.6. The van der Waals surface area contributed by atoms with Gasteiger partial charge in [-0.1, -0.05) is 36.4 Å². The van der Waals surface area contributed by atoms with E-state index < -0.39 is 0 Å². The van der Waals surface area contributed by atoms with Gasteiger partial charge in [0, 0.05) is 6.61 Å². The van der Waals surface area contributed by atoms with Gasteiger partial charge in [-0.05, 0) is 18.8 Å². The van der Waals surface area contributed by atoms with Crippen LogP contribution in [0, 0.1) is 5.92 Å². The van der Waals surface area contributed by atoms with Crippen molar-refractivity contribution in [3.63, 3.8) is 0 Å². The van der Waals surface area contributed by atoms with Crippen LogP contribution in [0.2, 0.25) is 0 Å². The van der Waals surface area contributed by atoms with Gasteiger partial charge in [0.2, 0.25) is 0 Å². The molecule has 0 aromatic carbocycles. The van der Waals surface area contributed by atoms with Gasteiger partial charge in [0.25, 0.3) is 0 Å². The Morgan fingerprint density at radius 2 is 2.23 bits per heavy atom. The van der Waals surface area contributed by atoms with E-state index in [1.807, 2.05) is 0 Å². The predicted molar refractivity (Wildman–Crippen MR) is 62.4 cm³/mol. The minimum Gasteiger partial charge on any atom is -0.378 e. The molecule has 2 unspecified atom stereocenters. The van der Waals surface area contributed by atoms with Crippen LogP contribution >= 0.6 is 22.6 Å². The monoisotopic (exact) mass is 298 g/mol. The van der Waals surface area contributed by atoms with Crippen molar-refractivity contribution in [3.05, 3.63) is 0 Å². The highest BCUT2D eigenvalue weighted by molar-refractivity contribution is 14.1. The predicted octanol–water partition coefficient (Wildman–Crippen LogP) is 2.64. The molecule has 0 spiro atoms. The van der Waals surface area contributed by atoms with Gasteiger partial charge in [-0.2, -0.15) is 0 Å². The van der Waals surface area contributed by atoms with Gasteiger partial charge in [-0.15, -0.1) is 0 Å². The first-order valence-corrected chi connectivity index (χ1v) is 6.28. The Kier molecular flexibility index (Phi) is 5.58. The van der Waals surface area contributed by atoms with E-state index in [4.69, 9.17) is 9.47 Å². The molecule has 0 amide bonds. The lowest BCUT2D eigenvalue weighted by molar-refractivity contribution is 0.0424. The van der Waals surface area contributed by atoms with Crippen LogP contribution in [0.15, 0.2) is 0 Å². The molecule has 1 aliphatic rings. The molecule has 3 heteroatoms. The van der Waals surface area contributed by atoms with E-state index in [0.29, 0.717) is 10.0 Å². The van der Waals surface area contributed by atoms with Crippen molar-refractivity contribution >= 4 is 22.6 Å². The fraction of sp³-hybridized carbons (Fsp3) is 1.00. The number of alkyl halides is 1. The second-order valence-electron chi connectivity index (χ2n) is 4.00. The maximum Gasteiger partial charge on any atom is 0.0948 e. The lowest BCUT2D eigenvalue weighted by atomic mass is 10.1. The fourth-order valence-corrected chi connectivity index (χ4v) is 2.06. The third-order valence-corrected chi connectivity index (χ3v) is 3.38. The second kappa shape index (κ2) is 6.19. The minimum absolute atomic E-state index is 0.341. The summed E-state index contributed by atoms with van der Waals surface area (Å²) in [6, 6.07) is 0. The maximum absolute atomic E-state index is 5.73. The molecule has 0 radical (unpaired) electrons. The molecule has 0 aromatic heterocycles. The highest BCUT2D eigenvalue weighted by atomic mass is 127.